The topological polar surface area (TPSA) is 78.5 Å². The normalized spacial score (nSPS) is 14.1. The van der Waals surface area contributed by atoms with E-state index in [9.17, 15) is 13.2 Å². The van der Waals surface area contributed by atoms with Gasteiger partial charge in [-0.15, -0.1) is 0 Å². The Kier molecular flexibility index (Phi) is 6.64. The van der Waals surface area contributed by atoms with E-state index in [-0.39, 0.29) is 15.9 Å². The molecule has 1 heterocycles. The summed E-state index contributed by atoms with van der Waals surface area (Å²) < 4.78 is 26.7. The van der Waals surface area contributed by atoms with E-state index in [2.05, 4.69) is 10.6 Å². The number of hydrogen-bond donors (Lipinski definition) is 2. The number of carbonyl (C=O) groups is 1. The average molecular weight is 466 g/mol. The molecule has 4 rings (SSSR count). The Morgan fingerprint density at radius 2 is 1.41 bits per heavy atom. The highest BCUT2D eigenvalue weighted by Gasteiger charge is 2.26. The van der Waals surface area contributed by atoms with Crippen LogP contribution in [0.4, 0.5) is 5.69 Å². The minimum Gasteiger partial charge on any atom is -0.332 e. The zero-order chi connectivity index (χ0) is 22.6. The van der Waals surface area contributed by atoms with Crippen LogP contribution >= 0.6 is 12.2 Å². The van der Waals surface area contributed by atoms with Gasteiger partial charge >= 0.3 is 0 Å². The van der Waals surface area contributed by atoms with E-state index in [1.54, 1.807) is 36.4 Å². The zero-order valence-electron chi connectivity index (χ0n) is 17.3. The highest BCUT2D eigenvalue weighted by molar-refractivity contribution is 7.89. The van der Waals surface area contributed by atoms with E-state index < -0.39 is 10.0 Å². The van der Waals surface area contributed by atoms with Crippen LogP contribution in [0.25, 0.3) is 11.1 Å². The molecule has 3 aromatic carbocycles. The van der Waals surface area contributed by atoms with E-state index in [4.69, 9.17) is 12.2 Å². The van der Waals surface area contributed by atoms with Crippen molar-refractivity contribution in [2.45, 2.75) is 17.7 Å². The molecule has 3 aromatic rings. The lowest BCUT2D eigenvalue weighted by Gasteiger charge is -2.16. The Labute approximate surface area is 193 Å². The van der Waals surface area contributed by atoms with E-state index in [0.29, 0.717) is 24.3 Å². The van der Waals surface area contributed by atoms with Gasteiger partial charge in [0.15, 0.2) is 5.11 Å². The number of nitrogens with zero attached hydrogens (tertiary/aromatic N) is 1. The van der Waals surface area contributed by atoms with E-state index in [1.165, 1.54) is 4.31 Å². The predicted molar refractivity (Wildman–Crippen MR) is 130 cm³/mol. The Morgan fingerprint density at radius 1 is 0.812 bits per heavy atom. The molecular weight excluding hydrogens is 442 g/mol. The molecule has 0 unspecified atom stereocenters. The van der Waals surface area contributed by atoms with Gasteiger partial charge in [0.25, 0.3) is 5.91 Å². The molecule has 6 nitrogen and oxygen atoms in total. The first-order valence-corrected chi connectivity index (χ1v) is 12.2. The third kappa shape index (κ3) is 5.04. The van der Waals surface area contributed by atoms with Crippen LogP contribution < -0.4 is 10.6 Å². The van der Waals surface area contributed by atoms with Gasteiger partial charge in [-0.25, -0.2) is 8.42 Å². The second-order valence-corrected chi connectivity index (χ2v) is 9.83. The number of anilines is 1. The molecule has 0 atom stereocenters. The number of nitrogens with one attached hydrogen (secondary N) is 2. The molecule has 0 spiro atoms. The largest absolute Gasteiger partial charge is 0.332 e. The second-order valence-electron chi connectivity index (χ2n) is 7.49. The zero-order valence-corrected chi connectivity index (χ0v) is 19.0. The fourth-order valence-corrected chi connectivity index (χ4v) is 5.30. The molecule has 0 saturated carbocycles. The molecule has 0 bridgehead atoms. The standard InChI is InChI=1S/C24H23N3O3S2/c28-23(20-10-8-19(9-11-20)18-6-2-1-3-7-18)26-24(31)25-21-12-14-22(15-13-21)32(29,30)27-16-4-5-17-27/h1-3,6-15H,4-5,16-17H2,(H2,25,26,28,31). The van der Waals surface area contributed by atoms with Gasteiger partial charge in [-0.3, -0.25) is 10.1 Å². The molecule has 1 amide bonds. The van der Waals surface area contributed by atoms with Crippen molar-refractivity contribution in [3.05, 3.63) is 84.4 Å². The predicted octanol–water partition coefficient (Wildman–Crippen LogP) is 4.26. The number of sulfonamides is 1. The van der Waals surface area contributed by atoms with E-state index >= 15 is 0 Å². The molecule has 0 aromatic heterocycles. The van der Waals surface area contributed by atoms with Crippen LogP contribution in [-0.2, 0) is 10.0 Å². The second kappa shape index (κ2) is 9.60. The third-order valence-electron chi connectivity index (χ3n) is 5.30. The Bertz CT molecular complexity index is 1200. The van der Waals surface area contributed by atoms with Crippen molar-refractivity contribution in [2.24, 2.45) is 0 Å². The molecule has 0 aliphatic carbocycles. The van der Waals surface area contributed by atoms with Crippen molar-refractivity contribution in [3.63, 3.8) is 0 Å². The molecular formula is C24H23N3O3S2. The summed E-state index contributed by atoms with van der Waals surface area (Å²) in [5.41, 5.74) is 3.18. The minimum atomic E-state index is -3.46. The van der Waals surface area contributed by atoms with Crippen molar-refractivity contribution in [3.8, 4) is 11.1 Å². The number of thiocarbonyl (C=S) groups is 1. The Hall–Kier alpha value is -3.07. The SMILES string of the molecule is O=C(NC(=S)Nc1ccc(S(=O)(=O)N2CCCC2)cc1)c1ccc(-c2ccccc2)cc1. The van der Waals surface area contributed by atoms with Gasteiger partial charge in [0.2, 0.25) is 10.0 Å². The van der Waals surface area contributed by atoms with Gasteiger partial charge in [-0.2, -0.15) is 4.31 Å². The van der Waals surface area contributed by atoms with Crippen LogP contribution in [0, 0.1) is 0 Å². The van der Waals surface area contributed by atoms with Crippen molar-refractivity contribution in [1.82, 2.24) is 9.62 Å². The molecule has 8 heteroatoms. The molecule has 0 radical (unpaired) electrons. The maximum atomic E-state index is 12.6. The van der Waals surface area contributed by atoms with E-state index in [1.807, 2.05) is 42.5 Å². The van der Waals surface area contributed by atoms with Crippen molar-refractivity contribution in [1.29, 1.82) is 0 Å². The van der Waals surface area contributed by atoms with Crippen molar-refractivity contribution in [2.75, 3.05) is 18.4 Å². The van der Waals surface area contributed by atoms with Crippen molar-refractivity contribution >= 4 is 38.9 Å². The summed E-state index contributed by atoms with van der Waals surface area (Å²) in [7, 11) is -3.46. The fraction of sp³-hybridized carbons (Fsp3) is 0.167. The number of amides is 1. The summed E-state index contributed by atoms with van der Waals surface area (Å²) >= 11 is 5.24. The molecule has 1 fully saturated rings. The quantitative estimate of drug-likeness (QED) is 0.551. The van der Waals surface area contributed by atoms with Gasteiger partial charge in [0, 0.05) is 24.3 Å². The van der Waals surface area contributed by atoms with Crippen molar-refractivity contribution < 1.29 is 13.2 Å². The average Bonchev–Trinajstić information content (AvgIpc) is 3.36. The summed E-state index contributed by atoms with van der Waals surface area (Å²) in [5, 5.41) is 5.70. The summed E-state index contributed by atoms with van der Waals surface area (Å²) in [6, 6.07) is 23.5. The van der Waals surface area contributed by atoms with Crippen LogP contribution in [0.15, 0.2) is 83.8 Å². The monoisotopic (exact) mass is 465 g/mol. The van der Waals surface area contributed by atoms with Crippen LogP contribution in [0.2, 0.25) is 0 Å². The van der Waals surface area contributed by atoms with Gasteiger partial charge in [-0.1, -0.05) is 42.5 Å². The number of hydrogen-bond acceptors (Lipinski definition) is 4. The van der Waals surface area contributed by atoms with Crippen LogP contribution in [0.1, 0.15) is 23.2 Å². The lowest BCUT2D eigenvalue weighted by Crippen LogP contribution is -2.34. The molecule has 1 aliphatic heterocycles. The summed E-state index contributed by atoms with van der Waals surface area (Å²) in [5.74, 6) is -0.324. The number of carbonyl (C=O) groups excluding carboxylic acids is 1. The molecule has 1 saturated heterocycles. The Balaban J connectivity index is 1.35. The van der Waals surface area contributed by atoms with Crippen LogP contribution in [0.3, 0.4) is 0 Å². The van der Waals surface area contributed by atoms with Gasteiger partial charge in [0.1, 0.15) is 0 Å². The molecule has 164 valence electrons. The van der Waals surface area contributed by atoms with E-state index in [0.717, 1.165) is 24.0 Å². The fourth-order valence-electron chi connectivity index (χ4n) is 3.57. The minimum absolute atomic E-state index is 0.136. The maximum absolute atomic E-state index is 12.6. The molecule has 32 heavy (non-hydrogen) atoms. The van der Waals surface area contributed by atoms with Gasteiger partial charge < -0.3 is 5.32 Å². The first-order valence-electron chi connectivity index (χ1n) is 10.3. The summed E-state index contributed by atoms with van der Waals surface area (Å²) in [6.07, 6.45) is 1.78. The first-order chi connectivity index (χ1) is 15.4. The summed E-state index contributed by atoms with van der Waals surface area (Å²) in [6.45, 7) is 1.12. The smallest absolute Gasteiger partial charge is 0.257 e. The summed E-state index contributed by atoms with van der Waals surface area (Å²) in [4.78, 5) is 12.8. The lowest BCUT2D eigenvalue weighted by molar-refractivity contribution is 0.0977. The van der Waals surface area contributed by atoms with Crippen LogP contribution in [-0.4, -0.2) is 36.8 Å². The maximum Gasteiger partial charge on any atom is 0.257 e. The number of rotatable bonds is 5. The first kappa shape index (κ1) is 22.1. The molecule has 1 aliphatic rings. The Morgan fingerprint density at radius 3 is 2.03 bits per heavy atom. The highest BCUT2D eigenvalue weighted by atomic mass is 32.2. The lowest BCUT2D eigenvalue weighted by atomic mass is 10.0. The number of benzene rings is 3. The molecule has 2 N–H and O–H groups in total. The van der Waals surface area contributed by atoms with Gasteiger partial charge in [0.05, 0.1) is 4.90 Å². The van der Waals surface area contributed by atoms with Crippen LogP contribution in [0.5, 0.6) is 0 Å². The highest BCUT2D eigenvalue weighted by Crippen LogP contribution is 2.22. The third-order valence-corrected chi connectivity index (χ3v) is 7.41. The van der Waals surface area contributed by atoms with Gasteiger partial charge in [-0.05, 0) is 72.6 Å².